The van der Waals surface area contributed by atoms with Crippen LogP contribution in [0, 0.1) is 0 Å². The summed E-state index contributed by atoms with van der Waals surface area (Å²) in [6.07, 6.45) is 3.90. The van der Waals surface area contributed by atoms with Crippen molar-refractivity contribution in [2.24, 2.45) is 0 Å². The number of hydrogen-bond acceptors (Lipinski definition) is 5. The van der Waals surface area contributed by atoms with E-state index in [2.05, 4.69) is 25.5 Å². The molecule has 0 atom stereocenters. The predicted octanol–water partition coefficient (Wildman–Crippen LogP) is 3.40. The topological polar surface area (TPSA) is 70.2 Å². The van der Waals surface area contributed by atoms with Gasteiger partial charge in [0.15, 0.2) is 0 Å². The smallest absolute Gasteiger partial charge is 0.258 e. The van der Waals surface area contributed by atoms with E-state index in [-0.39, 0.29) is 5.91 Å². The summed E-state index contributed by atoms with van der Waals surface area (Å²) in [7, 11) is 4.05. The van der Waals surface area contributed by atoms with Gasteiger partial charge in [-0.1, -0.05) is 29.3 Å². The van der Waals surface area contributed by atoms with Gasteiger partial charge in [0.25, 0.3) is 5.91 Å². The molecule has 0 saturated heterocycles. The van der Waals surface area contributed by atoms with E-state index in [1.807, 2.05) is 14.1 Å². The highest BCUT2D eigenvalue weighted by molar-refractivity contribution is 6.40. The lowest BCUT2D eigenvalue weighted by molar-refractivity contribution is 0.102. The maximum absolute atomic E-state index is 12.2. The van der Waals surface area contributed by atoms with Crippen molar-refractivity contribution in [3.63, 3.8) is 0 Å². The van der Waals surface area contributed by atoms with Crippen LogP contribution in [0.2, 0.25) is 10.0 Å². The van der Waals surface area contributed by atoms with Crippen molar-refractivity contribution in [1.29, 1.82) is 0 Å². The number of carbonyl (C=O) groups excluding carboxylic acids is 1. The lowest BCUT2D eigenvalue weighted by Crippen LogP contribution is -2.17. The number of nitrogens with one attached hydrogen (secondary N) is 2. The number of carbonyl (C=O) groups is 1. The van der Waals surface area contributed by atoms with Gasteiger partial charge in [0, 0.05) is 18.9 Å². The summed E-state index contributed by atoms with van der Waals surface area (Å²) in [5.41, 5.74) is 0.696. The molecular formula is C16H19Cl2N5O. The molecule has 2 N–H and O–H groups in total. The molecule has 0 aliphatic carbocycles. The van der Waals surface area contributed by atoms with E-state index < -0.39 is 0 Å². The SMILES string of the molecule is CN(C)CCCNc1ncc(C(=O)Nc2c(Cl)cccc2Cl)cn1. The van der Waals surface area contributed by atoms with Crippen molar-refractivity contribution < 1.29 is 4.79 Å². The molecule has 0 aliphatic heterocycles. The number of benzene rings is 1. The van der Waals surface area contributed by atoms with Gasteiger partial charge in [-0.2, -0.15) is 0 Å². The first-order valence-corrected chi connectivity index (χ1v) is 8.19. The van der Waals surface area contributed by atoms with Crippen LogP contribution < -0.4 is 10.6 Å². The fourth-order valence-electron chi connectivity index (χ4n) is 1.93. The molecule has 2 aromatic rings. The highest BCUT2D eigenvalue weighted by atomic mass is 35.5. The molecule has 8 heteroatoms. The van der Waals surface area contributed by atoms with Crippen molar-refractivity contribution in [2.75, 3.05) is 37.8 Å². The van der Waals surface area contributed by atoms with Gasteiger partial charge in [-0.15, -0.1) is 0 Å². The molecule has 6 nitrogen and oxygen atoms in total. The Morgan fingerprint density at radius 2 is 1.79 bits per heavy atom. The monoisotopic (exact) mass is 367 g/mol. The van der Waals surface area contributed by atoms with Gasteiger partial charge in [-0.25, -0.2) is 9.97 Å². The molecule has 0 radical (unpaired) electrons. The van der Waals surface area contributed by atoms with Crippen LogP contribution >= 0.6 is 23.2 Å². The third kappa shape index (κ3) is 5.33. The molecule has 1 heterocycles. The maximum Gasteiger partial charge on any atom is 0.258 e. The molecule has 1 amide bonds. The van der Waals surface area contributed by atoms with Gasteiger partial charge >= 0.3 is 0 Å². The van der Waals surface area contributed by atoms with E-state index >= 15 is 0 Å². The number of halogens is 2. The zero-order valence-electron chi connectivity index (χ0n) is 13.5. The standard InChI is InChI=1S/C16H19Cl2N5O/c1-23(2)8-4-7-19-16-20-9-11(10-21-16)15(24)22-14-12(17)5-3-6-13(14)18/h3,5-6,9-10H,4,7-8H2,1-2H3,(H,22,24)(H,19,20,21). The van der Waals surface area contributed by atoms with Crippen molar-refractivity contribution >= 4 is 40.7 Å². The van der Waals surface area contributed by atoms with Crippen molar-refractivity contribution in [2.45, 2.75) is 6.42 Å². The minimum Gasteiger partial charge on any atom is -0.354 e. The minimum absolute atomic E-state index is 0.324. The van der Waals surface area contributed by atoms with Crippen LogP contribution in [0.4, 0.5) is 11.6 Å². The second-order valence-corrected chi connectivity index (χ2v) is 6.24. The number of hydrogen-bond donors (Lipinski definition) is 2. The Hall–Kier alpha value is -1.89. The molecule has 0 spiro atoms. The lowest BCUT2D eigenvalue weighted by atomic mass is 10.2. The number of nitrogens with zero attached hydrogens (tertiary/aromatic N) is 3. The zero-order valence-corrected chi connectivity index (χ0v) is 15.0. The summed E-state index contributed by atoms with van der Waals surface area (Å²) in [6, 6.07) is 5.01. The summed E-state index contributed by atoms with van der Waals surface area (Å²) in [5.74, 6) is 0.116. The highest BCUT2D eigenvalue weighted by Gasteiger charge is 2.12. The number of aromatic nitrogens is 2. The van der Waals surface area contributed by atoms with Crippen molar-refractivity contribution in [3.8, 4) is 0 Å². The summed E-state index contributed by atoms with van der Waals surface area (Å²) in [6.45, 7) is 1.74. The van der Waals surface area contributed by atoms with Crippen LogP contribution in [-0.2, 0) is 0 Å². The van der Waals surface area contributed by atoms with Crippen LogP contribution in [0.25, 0.3) is 0 Å². The van der Waals surface area contributed by atoms with E-state index in [9.17, 15) is 4.79 Å². The quantitative estimate of drug-likeness (QED) is 0.733. The average Bonchev–Trinajstić information content (AvgIpc) is 2.55. The first-order chi connectivity index (χ1) is 11.5. The molecule has 0 fully saturated rings. The second kappa shape index (κ2) is 8.82. The molecule has 1 aromatic heterocycles. The van der Waals surface area contributed by atoms with E-state index in [0.717, 1.165) is 19.5 Å². The van der Waals surface area contributed by atoms with Gasteiger partial charge in [-0.05, 0) is 39.2 Å². The number of para-hydroxylation sites is 1. The molecule has 128 valence electrons. The number of rotatable bonds is 7. The molecule has 1 aromatic carbocycles. The van der Waals surface area contributed by atoms with Gasteiger partial charge in [0.2, 0.25) is 5.95 Å². The van der Waals surface area contributed by atoms with E-state index in [4.69, 9.17) is 23.2 Å². The normalized spacial score (nSPS) is 10.7. The summed E-state index contributed by atoms with van der Waals surface area (Å²) in [5, 5.41) is 6.52. The van der Waals surface area contributed by atoms with Crippen molar-refractivity contribution in [3.05, 3.63) is 46.2 Å². The van der Waals surface area contributed by atoms with Gasteiger partial charge in [-0.3, -0.25) is 4.79 Å². The van der Waals surface area contributed by atoms with Crippen LogP contribution in [0.3, 0.4) is 0 Å². The van der Waals surface area contributed by atoms with E-state index in [1.165, 1.54) is 12.4 Å². The Morgan fingerprint density at radius 3 is 2.38 bits per heavy atom. The zero-order chi connectivity index (χ0) is 17.5. The van der Waals surface area contributed by atoms with Gasteiger partial charge < -0.3 is 15.5 Å². The predicted molar refractivity (Wildman–Crippen MR) is 98.1 cm³/mol. The van der Waals surface area contributed by atoms with E-state index in [0.29, 0.717) is 27.2 Å². The molecule has 0 unspecified atom stereocenters. The minimum atomic E-state index is -0.371. The molecule has 0 aliphatic rings. The Bertz CT molecular complexity index is 671. The largest absolute Gasteiger partial charge is 0.354 e. The van der Waals surface area contributed by atoms with Crippen LogP contribution in [0.15, 0.2) is 30.6 Å². The number of anilines is 2. The van der Waals surface area contributed by atoms with Crippen LogP contribution in [0.5, 0.6) is 0 Å². The van der Waals surface area contributed by atoms with Crippen molar-refractivity contribution in [1.82, 2.24) is 14.9 Å². The third-order valence-corrected chi connectivity index (χ3v) is 3.81. The Morgan fingerprint density at radius 1 is 1.17 bits per heavy atom. The third-order valence-electron chi connectivity index (χ3n) is 3.18. The maximum atomic E-state index is 12.2. The fourth-order valence-corrected chi connectivity index (χ4v) is 2.43. The lowest BCUT2D eigenvalue weighted by Gasteiger charge is -2.10. The summed E-state index contributed by atoms with van der Waals surface area (Å²) < 4.78 is 0. The summed E-state index contributed by atoms with van der Waals surface area (Å²) in [4.78, 5) is 22.6. The molecule has 2 rings (SSSR count). The summed E-state index contributed by atoms with van der Waals surface area (Å²) >= 11 is 12.1. The highest BCUT2D eigenvalue weighted by Crippen LogP contribution is 2.30. The van der Waals surface area contributed by atoms with Crippen LogP contribution in [-0.4, -0.2) is 48.0 Å². The second-order valence-electron chi connectivity index (χ2n) is 5.43. The Labute approximate surface area is 151 Å². The first-order valence-electron chi connectivity index (χ1n) is 7.43. The molecule has 0 bridgehead atoms. The average molecular weight is 368 g/mol. The Balaban J connectivity index is 1.94. The molecule has 24 heavy (non-hydrogen) atoms. The van der Waals surface area contributed by atoms with Gasteiger partial charge in [0.1, 0.15) is 0 Å². The van der Waals surface area contributed by atoms with Crippen LogP contribution in [0.1, 0.15) is 16.8 Å². The van der Waals surface area contributed by atoms with Gasteiger partial charge in [0.05, 0.1) is 21.3 Å². The Kier molecular flexibility index (Phi) is 6.78. The van der Waals surface area contributed by atoms with E-state index in [1.54, 1.807) is 18.2 Å². The molecular weight excluding hydrogens is 349 g/mol. The first kappa shape index (κ1) is 18.4. The molecule has 0 saturated carbocycles. The fraction of sp³-hybridized carbons (Fsp3) is 0.312. The number of amides is 1.